The van der Waals surface area contributed by atoms with Gasteiger partial charge in [0.1, 0.15) is 5.75 Å². The predicted molar refractivity (Wildman–Crippen MR) is 149 cm³/mol. The highest BCUT2D eigenvalue weighted by molar-refractivity contribution is 8.18. The van der Waals surface area contributed by atoms with Crippen LogP contribution in [-0.4, -0.2) is 52.1 Å². The smallest absolute Gasteiger partial charge is 0.405 e. The van der Waals surface area contributed by atoms with Crippen LogP contribution in [0.4, 0.5) is 37.1 Å². The van der Waals surface area contributed by atoms with Crippen LogP contribution in [0.5, 0.6) is 5.75 Å². The third-order valence-corrected chi connectivity index (χ3v) is 7.63. The summed E-state index contributed by atoms with van der Waals surface area (Å²) in [4.78, 5) is 38.4. The third-order valence-electron chi connectivity index (χ3n) is 6.82. The lowest BCUT2D eigenvalue weighted by atomic mass is 9.97. The minimum Gasteiger partial charge on any atom is -0.405 e. The van der Waals surface area contributed by atoms with Crippen molar-refractivity contribution in [2.24, 2.45) is 5.92 Å². The number of piperidine rings is 1. The summed E-state index contributed by atoms with van der Waals surface area (Å²) in [5, 5.41) is 4.87. The van der Waals surface area contributed by atoms with Gasteiger partial charge in [0.05, 0.1) is 27.6 Å². The summed E-state index contributed by atoms with van der Waals surface area (Å²) in [7, 11) is 0. The van der Waals surface area contributed by atoms with Gasteiger partial charge in [0.2, 0.25) is 5.95 Å². The Morgan fingerprint density at radius 2 is 1.80 bits per heavy atom. The SMILES string of the molecule is O=C1NC(=O)/C(=C/c2ccnc(N3CCC(CNCc4cc(C(F)(F)F)cc(-c5ccccc5OC(F)(F)F)n4)CC3)n2)S1. The second kappa shape index (κ2) is 12.8. The number of imide groups is 1. The Balaban J connectivity index is 1.21. The van der Waals surface area contributed by atoms with E-state index < -0.39 is 35.0 Å². The molecule has 2 aliphatic heterocycles. The van der Waals surface area contributed by atoms with Gasteiger partial charge >= 0.3 is 12.5 Å². The van der Waals surface area contributed by atoms with Crippen molar-refractivity contribution in [2.75, 3.05) is 24.5 Å². The first-order chi connectivity index (χ1) is 20.8. The first-order valence-electron chi connectivity index (χ1n) is 13.3. The zero-order valence-corrected chi connectivity index (χ0v) is 23.5. The lowest BCUT2D eigenvalue weighted by Gasteiger charge is -2.32. The molecule has 2 fully saturated rings. The van der Waals surface area contributed by atoms with Crippen LogP contribution in [0.15, 0.2) is 53.6 Å². The molecule has 2 aromatic heterocycles. The molecular weight excluding hydrogens is 614 g/mol. The van der Waals surface area contributed by atoms with Crippen LogP contribution in [0.25, 0.3) is 17.3 Å². The molecule has 2 saturated heterocycles. The molecule has 0 aliphatic carbocycles. The maximum Gasteiger partial charge on any atom is 0.573 e. The van der Waals surface area contributed by atoms with E-state index in [1.807, 2.05) is 4.90 Å². The number of amides is 2. The van der Waals surface area contributed by atoms with Gasteiger partial charge in [-0.3, -0.25) is 19.9 Å². The van der Waals surface area contributed by atoms with Gasteiger partial charge in [0, 0.05) is 31.4 Å². The number of ether oxygens (including phenoxy) is 1. The largest absolute Gasteiger partial charge is 0.573 e. The first-order valence-corrected chi connectivity index (χ1v) is 14.1. The van der Waals surface area contributed by atoms with E-state index in [2.05, 4.69) is 30.3 Å². The van der Waals surface area contributed by atoms with Crippen molar-refractivity contribution in [3.05, 3.63) is 70.5 Å². The number of hydrogen-bond donors (Lipinski definition) is 2. The highest BCUT2D eigenvalue weighted by atomic mass is 32.2. The lowest BCUT2D eigenvalue weighted by Crippen LogP contribution is -2.38. The Labute approximate surface area is 251 Å². The standard InChI is InChI=1S/C28H24F6N6O3S/c29-27(30,31)17-11-19(37-21(12-17)20-3-1-2-4-22(20)43-28(32,33)34)15-35-14-16-6-9-40(10-7-16)25-36-8-5-18(38-25)13-23-24(41)39-26(42)44-23/h1-5,8,11-13,16,35H,6-7,9-10,14-15H2,(H,39,41,42)/b23-13-. The van der Waals surface area contributed by atoms with Gasteiger partial charge in [-0.1, -0.05) is 12.1 Å². The van der Waals surface area contributed by atoms with Crippen molar-refractivity contribution in [3.8, 4) is 17.0 Å². The summed E-state index contributed by atoms with van der Waals surface area (Å²) in [6.07, 6.45) is -5.23. The number of carbonyl (C=O) groups excluding carboxylic acids is 2. The molecule has 2 amide bonds. The van der Waals surface area contributed by atoms with Crippen molar-refractivity contribution in [3.63, 3.8) is 0 Å². The Kier molecular flexibility index (Phi) is 9.10. The predicted octanol–water partition coefficient (Wildman–Crippen LogP) is 5.79. The summed E-state index contributed by atoms with van der Waals surface area (Å²) < 4.78 is 83.7. The molecule has 5 rings (SSSR count). The van der Waals surface area contributed by atoms with E-state index in [-0.39, 0.29) is 34.3 Å². The number of hydrogen-bond acceptors (Lipinski definition) is 9. The third kappa shape index (κ3) is 8.05. The van der Waals surface area contributed by atoms with E-state index in [0.29, 0.717) is 37.3 Å². The van der Waals surface area contributed by atoms with Crippen LogP contribution in [0.3, 0.4) is 0 Å². The van der Waals surface area contributed by atoms with Gasteiger partial charge in [-0.2, -0.15) is 13.2 Å². The molecule has 2 aliphatic rings. The van der Waals surface area contributed by atoms with Crippen LogP contribution in [0, 0.1) is 5.92 Å². The molecule has 0 bridgehead atoms. The Hall–Kier alpha value is -4.18. The molecule has 0 radical (unpaired) electrons. The number of rotatable bonds is 8. The quantitative estimate of drug-likeness (QED) is 0.234. The molecule has 0 spiro atoms. The molecule has 0 unspecified atom stereocenters. The second-order valence-electron chi connectivity index (χ2n) is 9.97. The first kappa shape index (κ1) is 31.3. The molecular formula is C28H24F6N6O3S. The molecule has 9 nitrogen and oxygen atoms in total. The van der Waals surface area contributed by atoms with Gasteiger partial charge in [-0.05, 0) is 73.5 Å². The van der Waals surface area contributed by atoms with E-state index in [4.69, 9.17) is 0 Å². The van der Waals surface area contributed by atoms with E-state index in [0.717, 1.165) is 36.7 Å². The normalized spacial score (nSPS) is 17.3. The van der Waals surface area contributed by atoms with Gasteiger partial charge in [-0.25, -0.2) is 9.97 Å². The summed E-state index contributed by atoms with van der Waals surface area (Å²) in [5.41, 5.74) is -1.05. The second-order valence-corrected chi connectivity index (χ2v) is 11.0. The van der Waals surface area contributed by atoms with Gasteiger partial charge in [-0.15, -0.1) is 13.2 Å². The zero-order valence-electron chi connectivity index (χ0n) is 22.7. The molecule has 232 valence electrons. The molecule has 1 aromatic carbocycles. The summed E-state index contributed by atoms with van der Waals surface area (Å²) in [6, 6.07) is 8.10. The fourth-order valence-electron chi connectivity index (χ4n) is 4.76. The number of anilines is 1. The van der Waals surface area contributed by atoms with E-state index in [1.54, 1.807) is 12.3 Å². The van der Waals surface area contributed by atoms with E-state index in [9.17, 15) is 35.9 Å². The zero-order chi connectivity index (χ0) is 31.5. The maximum absolute atomic E-state index is 13.7. The van der Waals surface area contributed by atoms with Crippen molar-refractivity contribution in [2.45, 2.75) is 31.9 Å². The number of para-hydroxylation sites is 1. The number of carbonyl (C=O) groups is 2. The van der Waals surface area contributed by atoms with E-state index >= 15 is 0 Å². The summed E-state index contributed by atoms with van der Waals surface area (Å²) in [6.45, 7) is 1.67. The van der Waals surface area contributed by atoms with Crippen LogP contribution in [0.2, 0.25) is 0 Å². The average molecular weight is 639 g/mol. The number of benzene rings is 1. The van der Waals surface area contributed by atoms with Gasteiger partial charge < -0.3 is 15.0 Å². The molecule has 2 N–H and O–H groups in total. The van der Waals surface area contributed by atoms with E-state index in [1.165, 1.54) is 24.3 Å². The fourth-order valence-corrected chi connectivity index (χ4v) is 5.43. The Bertz CT molecular complexity index is 1570. The van der Waals surface area contributed by atoms with Gasteiger partial charge in [0.15, 0.2) is 0 Å². The minimum absolute atomic E-state index is 0.0178. The number of pyridine rings is 1. The Morgan fingerprint density at radius 3 is 2.48 bits per heavy atom. The van der Waals surface area contributed by atoms with Crippen LogP contribution in [-0.2, 0) is 17.5 Å². The van der Waals surface area contributed by atoms with Crippen LogP contribution < -0.4 is 20.3 Å². The lowest BCUT2D eigenvalue weighted by molar-refractivity contribution is -0.274. The molecule has 0 atom stereocenters. The van der Waals surface area contributed by atoms with Crippen LogP contribution >= 0.6 is 11.8 Å². The molecule has 3 aromatic rings. The van der Waals surface area contributed by atoms with Crippen molar-refractivity contribution >= 4 is 34.9 Å². The number of thioether (sulfide) groups is 1. The van der Waals surface area contributed by atoms with Crippen LogP contribution in [0.1, 0.15) is 29.8 Å². The number of nitrogens with zero attached hydrogens (tertiary/aromatic N) is 4. The number of alkyl halides is 6. The highest BCUT2D eigenvalue weighted by Crippen LogP contribution is 2.37. The highest BCUT2D eigenvalue weighted by Gasteiger charge is 2.34. The number of halogens is 6. The number of nitrogens with one attached hydrogen (secondary N) is 2. The van der Waals surface area contributed by atoms with Crippen molar-refractivity contribution in [1.29, 1.82) is 0 Å². The molecule has 0 saturated carbocycles. The maximum atomic E-state index is 13.7. The van der Waals surface area contributed by atoms with Crippen molar-refractivity contribution < 1.29 is 40.7 Å². The van der Waals surface area contributed by atoms with Crippen molar-refractivity contribution in [1.82, 2.24) is 25.6 Å². The van der Waals surface area contributed by atoms with Gasteiger partial charge in [0.25, 0.3) is 11.1 Å². The topological polar surface area (TPSA) is 109 Å². The fraction of sp³-hybridized carbons (Fsp3) is 0.321. The molecule has 4 heterocycles. The summed E-state index contributed by atoms with van der Waals surface area (Å²) in [5.74, 6) is -0.477. The monoisotopic (exact) mass is 638 g/mol. The minimum atomic E-state index is -5.03. The Morgan fingerprint density at radius 1 is 1.05 bits per heavy atom. The number of aromatic nitrogens is 3. The molecule has 44 heavy (non-hydrogen) atoms. The summed E-state index contributed by atoms with van der Waals surface area (Å²) >= 11 is 0.794. The molecule has 16 heteroatoms. The average Bonchev–Trinajstić information content (AvgIpc) is 3.28.